The second-order valence-corrected chi connectivity index (χ2v) is 7.37. The van der Waals surface area contributed by atoms with Crippen LogP contribution >= 0.6 is 0 Å². The van der Waals surface area contributed by atoms with Crippen LogP contribution in [-0.4, -0.2) is 52.9 Å². The number of ether oxygens (including phenoxy) is 1. The number of hydrogen-bond donors (Lipinski definition) is 1. The average Bonchev–Trinajstić information content (AvgIpc) is 2.79. The Morgan fingerprint density at radius 3 is 2.77 bits per heavy atom. The van der Waals surface area contributed by atoms with Crippen molar-refractivity contribution in [1.82, 2.24) is 14.8 Å². The number of likely N-dealkylation sites (tertiary alicyclic amines) is 1. The molecule has 2 aromatic rings. The number of aromatic nitrogens is 1. The number of piperidine rings is 1. The van der Waals surface area contributed by atoms with E-state index in [1.807, 2.05) is 56.3 Å². The molecular weight excluding hydrogens is 380 g/mol. The van der Waals surface area contributed by atoms with E-state index in [2.05, 4.69) is 10.3 Å². The molecule has 1 fully saturated rings. The summed E-state index contributed by atoms with van der Waals surface area (Å²) >= 11 is 0. The number of benzene rings is 1. The molecule has 0 spiro atoms. The molecule has 3 amide bonds. The third-order valence-corrected chi connectivity index (χ3v) is 5.31. The largest absolute Gasteiger partial charge is 0.487 e. The standard InChI is InChI=1S/C23H30N4O3/c1-3-26(4-2)23(29)27-14-8-9-18(16-27)22(28)25-19-11-7-12-21(15-19)30-17-20-10-5-6-13-24-20/h5-7,10-13,15,18H,3-4,8-9,14,16-17H2,1-2H3,(H,25,28)/t18-/m0/s1. The van der Waals surface area contributed by atoms with Gasteiger partial charge in [-0.2, -0.15) is 0 Å². The van der Waals surface area contributed by atoms with Crippen molar-refractivity contribution < 1.29 is 14.3 Å². The molecule has 2 heterocycles. The number of rotatable bonds is 7. The van der Waals surface area contributed by atoms with E-state index in [0.717, 1.165) is 18.5 Å². The number of nitrogens with one attached hydrogen (secondary N) is 1. The van der Waals surface area contributed by atoms with Crippen molar-refractivity contribution in [3.8, 4) is 5.75 Å². The van der Waals surface area contributed by atoms with Crippen LogP contribution in [0.1, 0.15) is 32.4 Å². The minimum Gasteiger partial charge on any atom is -0.487 e. The van der Waals surface area contributed by atoms with E-state index in [9.17, 15) is 9.59 Å². The van der Waals surface area contributed by atoms with E-state index >= 15 is 0 Å². The first-order valence-corrected chi connectivity index (χ1v) is 10.6. The van der Waals surface area contributed by atoms with Crippen LogP contribution in [0.5, 0.6) is 5.75 Å². The summed E-state index contributed by atoms with van der Waals surface area (Å²) < 4.78 is 5.79. The summed E-state index contributed by atoms with van der Waals surface area (Å²) in [5.74, 6) is 0.394. The van der Waals surface area contributed by atoms with Gasteiger partial charge in [-0.05, 0) is 51.0 Å². The highest BCUT2D eigenvalue weighted by Gasteiger charge is 2.30. The molecule has 1 saturated heterocycles. The molecule has 7 nitrogen and oxygen atoms in total. The first kappa shape index (κ1) is 21.6. The molecule has 1 N–H and O–H groups in total. The Labute approximate surface area is 178 Å². The van der Waals surface area contributed by atoms with E-state index in [1.165, 1.54) is 0 Å². The molecule has 30 heavy (non-hydrogen) atoms. The van der Waals surface area contributed by atoms with Gasteiger partial charge in [0.2, 0.25) is 5.91 Å². The Kier molecular flexibility index (Phi) is 7.65. The molecule has 1 aliphatic heterocycles. The number of hydrogen-bond acceptors (Lipinski definition) is 4. The van der Waals surface area contributed by atoms with Crippen molar-refractivity contribution in [1.29, 1.82) is 0 Å². The Hall–Kier alpha value is -3.09. The van der Waals surface area contributed by atoms with E-state index in [1.54, 1.807) is 16.0 Å². The zero-order chi connectivity index (χ0) is 21.3. The Balaban J connectivity index is 1.56. The number of nitrogens with zero attached hydrogens (tertiary/aromatic N) is 3. The lowest BCUT2D eigenvalue weighted by Crippen LogP contribution is -2.49. The fraction of sp³-hybridized carbons (Fsp3) is 0.435. The van der Waals surface area contributed by atoms with Gasteiger partial charge in [0, 0.05) is 44.1 Å². The fourth-order valence-corrected chi connectivity index (χ4v) is 3.61. The van der Waals surface area contributed by atoms with Crippen LogP contribution < -0.4 is 10.1 Å². The number of pyridine rings is 1. The highest BCUT2D eigenvalue weighted by molar-refractivity contribution is 5.93. The second-order valence-electron chi connectivity index (χ2n) is 7.37. The van der Waals surface area contributed by atoms with Gasteiger partial charge >= 0.3 is 6.03 Å². The van der Waals surface area contributed by atoms with Gasteiger partial charge < -0.3 is 19.9 Å². The van der Waals surface area contributed by atoms with Crippen molar-refractivity contribution in [3.05, 3.63) is 54.4 Å². The summed E-state index contributed by atoms with van der Waals surface area (Å²) in [4.78, 5) is 33.3. The van der Waals surface area contributed by atoms with Crippen molar-refractivity contribution in [2.24, 2.45) is 5.92 Å². The van der Waals surface area contributed by atoms with Crippen LogP contribution in [-0.2, 0) is 11.4 Å². The minimum absolute atomic E-state index is 0.0161. The van der Waals surface area contributed by atoms with Crippen LogP contribution in [0.2, 0.25) is 0 Å². The predicted molar refractivity (Wildman–Crippen MR) is 116 cm³/mol. The normalized spacial score (nSPS) is 16.1. The van der Waals surface area contributed by atoms with Gasteiger partial charge in [-0.25, -0.2) is 4.79 Å². The first-order chi connectivity index (χ1) is 14.6. The van der Waals surface area contributed by atoms with Gasteiger partial charge in [0.1, 0.15) is 12.4 Å². The fourth-order valence-electron chi connectivity index (χ4n) is 3.61. The first-order valence-electron chi connectivity index (χ1n) is 10.6. The lowest BCUT2D eigenvalue weighted by molar-refractivity contribution is -0.121. The molecule has 1 aromatic heterocycles. The maximum absolute atomic E-state index is 12.8. The highest BCUT2D eigenvalue weighted by Crippen LogP contribution is 2.22. The maximum atomic E-state index is 12.8. The zero-order valence-electron chi connectivity index (χ0n) is 17.7. The van der Waals surface area contributed by atoms with E-state index in [-0.39, 0.29) is 17.9 Å². The smallest absolute Gasteiger partial charge is 0.320 e. The Bertz CT molecular complexity index is 839. The summed E-state index contributed by atoms with van der Waals surface area (Å²) in [6.45, 7) is 6.81. The minimum atomic E-state index is -0.212. The maximum Gasteiger partial charge on any atom is 0.320 e. The average molecular weight is 411 g/mol. The van der Waals surface area contributed by atoms with Gasteiger partial charge in [0.25, 0.3) is 0 Å². The van der Waals surface area contributed by atoms with E-state index in [4.69, 9.17) is 4.74 Å². The third kappa shape index (κ3) is 5.72. The number of carbonyl (C=O) groups is 2. The van der Waals surface area contributed by atoms with E-state index < -0.39 is 0 Å². The second kappa shape index (κ2) is 10.6. The third-order valence-electron chi connectivity index (χ3n) is 5.31. The van der Waals surface area contributed by atoms with Crippen LogP contribution in [0, 0.1) is 5.92 Å². The van der Waals surface area contributed by atoms with Gasteiger partial charge in [-0.1, -0.05) is 12.1 Å². The van der Waals surface area contributed by atoms with Crippen molar-refractivity contribution in [2.75, 3.05) is 31.5 Å². The molecule has 0 radical (unpaired) electrons. The molecule has 160 valence electrons. The lowest BCUT2D eigenvalue weighted by atomic mass is 9.97. The Morgan fingerprint density at radius 1 is 1.20 bits per heavy atom. The van der Waals surface area contributed by atoms with Crippen molar-refractivity contribution in [3.63, 3.8) is 0 Å². The quantitative estimate of drug-likeness (QED) is 0.754. The van der Waals surface area contributed by atoms with E-state index in [0.29, 0.717) is 44.2 Å². The molecule has 0 aliphatic carbocycles. The highest BCUT2D eigenvalue weighted by atomic mass is 16.5. The van der Waals surface area contributed by atoms with Crippen LogP contribution in [0.25, 0.3) is 0 Å². The molecule has 1 aliphatic rings. The molecule has 0 bridgehead atoms. The van der Waals surface area contributed by atoms with Gasteiger partial charge in [0.05, 0.1) is 11.6 Å². The van der Waals surface area contributed by atoms with Gasteiger partial charge in [0.15, 0.2) is 0 Å². The topological polar surface area (TPSA) is 74.8 Å². The molecule has 1 aromatic carbocycles. The van der Waals surface area contributed by atoms with Crippen LogP contribution in [0.3, 0.4) is 0 Å². The van der Waals surface area contributed by atoms with Gasteiger partial charge in [-0.3, -0.25) is 9.78 Å². The molecule has 3 rings (SSSR count). The van der Waals surface area contributed by atoms with Crippen LogP contribution in [0.4, 0.5) is 10.5 Å². The van der Waals surface area contributed by atoms with Gasteiger partial charge in [-0.15, -0.1) is 0 Å². The van der Waals surface area contributed by atoms with Crippen LogP contribution in [0.15, 0.2) is 48.7 Å². The monoisotopic (exact) mass is 410 g/mol. The summed E-state index contributed by atoms with van der Waals surface area (Å²) in [7, 11) is 0. The summed E-state index contributed by atoms with van der Waals surface area (Å²) in [6.07, 6.45) is 3.34. The number of amides is 3. The summed E-state index contributed by atoms with van der Waals surface area (Å²) in [5.41, 5.74) is 1.53. The number of carbonyl (C=O) groups excluding carboxylic acids is 2. The molecular formula is C23H30N4O3. The van der Waals surface area contributed by atoms with Crippen molar-refractivity contribution in [2.45, 2.75) is 33.3 Å². The Morgan fingerprint density at radius 2 is 2.03 bits per heavy atom. The predicted octanol–water partition coefficient (Wildman–Crippen LogP) is 3.77. The SMILES string of the molecule is CCN(CC)C(=O)N1CCC[C@H](C(=O)Nc2cccc(OCc3ccccn3)c2)C1. The molecule has 1 atom stereocenters. The molecule has 0 saturated carbocycles. The zero-order valence-corrected chi connectivity index (χ0v) is 17.7. The summed E-state index contributed by atoms with van der Waals surface area (Å²) in [5, 5.41) is 2.98. The number of urea groups is 1. The molecule has 0 unspecified atom stereocenters. The number of anilines is 1. The summed E-state index contributed by atoms with van der Waals surface area (Å²) in [6, 6.07) is 13.0. The molecule has 7 heteroatoms. The lowest BCUT2D eigenvalue weighted by Gasteiger charge is -2.35. The van der Waals surface area contributed by atoms with Crippen molar-refractivity contribution >= 4 is 17.6 Å².